The summed E-state index contributed by atoms with van der Waals surface area (Å²) in [5.74, 6) is 0.433. The molecule has 0 saturated carbocycles. The van der Waals surface area contributed by atoms with Gasteiger partial charge >= 0.3 is 0 Å². The lowest BCUT2D eigenvalue weighted by atomic mass is 10.1. The van der Waals surface area contributed by atoms with Crippen molar-refractivity contribution < 1.29 is 4.79 Å². The maximum Gasteiger partial charge on any atom is 0.255 e. The van der Waals surface area contributed by atoms with Crippen LogP contribution < -0.4 is 10.9 Å². The van der Waals surface area contributed by atoms with E-state index in [0.29, 0.717) is 27.3 Å². The van der Waals surface area contributed by atoms with Gasteiger partial charge < -0.3 is 10.3 Å². The summed E-state index contributed by atoms with van der Waals surface area (Å²) in [6.45, 7) is 1.74. The summed E-state index contributed by atoms with van der Waals surface area (Å²) in [5, 5.41) is 5.51. The normalized spacial score (nSPS) is 10.6. The fraction of sp³-hybridized carbons (Fsp3) is 0.176. The Balaban J connectivity index is 1.67. The van der Waals surface area contributed by atoms with E-state index in [1.165, 1.54) is 23.1 Å². The van der Waals surface area contributed by atoms with Crippen LogP contribution in [0.3, 0.4) is 0 Å². The van der Waals surface area contributed by atoms with Crippen LogP contribution in [-0.4, -0.2) is 20.9 Å². The van der Waals surface area contributed by atoms with E-state index in [4.69, 9.17) is 0 Å². The largest absolute Gasteiger partial charge is 0.302 e. The lowest BCUT2D eigenvalue weighted by molar-refractivity contribution is -0.115. The van der Waals surface area contributed by atoms with Gasteiger partial charge in [0.2, 0.25) is 5.91 Å². The van der Waals surface area contributed by atoms with Crippen LogP contribution in [0.1, 0.15) is 16.8 Å². The molecule has 0 aliphatic carbocycles. The molecule has 0 aliphatic heterocycles. The zero-order valence-electron chi connectivity index (χ0n) is 13.5. The summed E-state index contributed by atoms with van der Waals surface area (Å²) >= 11 is 2.79. The van der Waals surface area contributed by atoms with E-state index in [-0.39, 0.29) is 17.9 Å². The van der Waals surface area contributed by atoms with Gasteiger partial charge in [0.25, 0.3) is 5.56 Å². The first-order valence-corrected chi connectivity index (χ1v) is 9.44. The molecule has 128 valence electrons. The molecule has 8 heteroatoms. The van der Waals surface area contributed by atoms with Crippen molar-refractivity contribution in [1.29, 1.82) is 0 Å². The maximum absolute atomic E-state index is 12.3. The molecule has 0 bridgehead atoms. The third-order valence-corrected chi connectivity index (χ3v) is 5.07. The van der Waals surface area contributed by atoms with Gasteiger partial charge in [-0.05, 0) is 12.5 Å². The fourth-order valence-electron chi connectivity index (χ4n) is 2.20. The van der Waals surface area contributed by atoms with Gasteiger partial charge in [-0.2, -0.15) is 0 Å². The lowest BCUT2D eigenvalue weighted by Crippen LogP contribution is -2.23. The number of benzene rings is 1. The molecule has 3 rings (SSSR count). The van der Waals surface area contributed by atoms with Crippen molar-refractivity contribution in [2.75, 3.05) is 5.32 Å². The first-order valence-electron chi connectivity index (χ1n) is 7.57. The van der Waals surface area contributed by atoms with Gasteiger partial charge in [0.1, 0.15) is 0 Å². The molecule has 0 spiro atoms. The first kappa shape index (κ1) is 17.4. The number of carbonyl (C=O) groups excluding carboxylic acids is 1. The Morgan fingerprint density at radius 1 is 1.32 bits per heavy atom. The number of rotatable bonds is 6. The highest BCUT2D eigenvalue weighted by molar-refractivity contribution is 7.98. The number of nitrogens with zero attached hydrogens (tertiary/aromatic N) is 2. The second-order valence-corrected chi connectivity index (χ2v) is 7.13. The van der Waals surface area contributed by atoms with Crippen molar-refractivity contribution in [1.82, 2.24) is 15.0 Å². The SMILES string of the molecule is Cc1nc(SCc2ccccc2)[nH]c(=O)c1CC(=O)Nc1nccs1. The third kappa shape index (κ3) is 4.77. The molecule has 0 aliphatic rings. The zero-order chi connectivity index (χ0) is 17.6. The van der Waals surface area contributed by atoms with Gasteiger partial charge in [0.05, 0.1) is 6.42 Å². The molecule has 2 aromatic heterocycles. The molecule has 0 radical (unpaired) electrons. The van der Waals surface area contributed by atoms with E-state index in [0.717, 1.165) is 5.56 Å². The van der Waals surface area contributed by atoms with Crippen LogP contribution in [0.25, 0.3) is 0 Å². The molecular formula is C17H16N4O2S2. The second kappa shape index (κ2) is 8.09. The summed E-state index contributed by atoms with van der Waals surface area (Å²) in [7, 11) is 0. The predicted octanol–water partition coefficient (Wildman–Crippen LogP) is 3.01. The van der Waals surface area contributed by atoms with Gasteiger partial charge in [0.15, 0.2) is 10.3 Å². The Morgan fingerprint density at radius 2 is 2.12 bits per heavy atom. The molecule has 6 nitrogen and oxygen atoms in total. The van der Waals surface area contributed by atoms with Gasteiger partial charge in [-0.1, -0.05) is 42.1 Å². The van der Waals surface area contributed by atoms with E-state index in [9.17, 15) is 9.59 Å². The van der Waals surface area contributed by atoms with Crippen LogP contribution in [0.15, 0.2) is 51.9 Å². The maximum atomic E-state index is 12.3. The Labute approximate surface area is 152 Å². The van der Waals surface area contributed by atoms with Crippen molar-refractivity contribution in [2.45, 2.75) is 24.3 Å². The number of anilines is 1. The van der Waals surface area contributed by atoms with E-state index in [2.05, 4.69) is 20.3 Å². The number of nitrogens with one attached hydrogen (secondary N) is 2. The zero-order valence-corrected chi connectivity index (χ0v) is 15.1. The standard InChI is InChI=1S/C17H16N4O2S2/c1-11-13(9-14(22)20-16-18-7-8-24-16)15(23)21-17(19-11)25-10-12-5-3-2-4-6-12/h2-8H,9-10H2,1H3,(H,18,20,22)(H,19,21,23). The Bertz CT molecular complexity index is 908. The topological polar surface area (TPSA) is 87.7 Å². The molecule has 3 aromatic rings. The van der Waals surface area contributed by atoms with Crippen molar-refractivity contribution in [2.24, 2.45) is 0 Å². The summed E-state index contributed by atoms with van der Waals surface area (Å²) < 4.78 is 0. The minimum Gasteiger partial charge on any atom is -0.302 e. The molecule has 2 N–H and O–H groups in total. The Hall–Kier alpha value is -2.45. The quantitative estimate of drug-likeness (QED) is 0.513. The van der Waals surface area contributed by atoms with Gasteiger partial charge in [-0.3, -0.25) is 9.59 Å². The number of carbonyl (C=O) groups is 1. The number of aryl methyl sites for hydroxylation is 1. The second-order valence-electron chi connectivity index (χ2n) is 5.27. The number of aromatic amines is 1. The van der Waals surface area contributed by atoms with Crippen LogP contribution in [0, 0.1) is 6.92 Å². The van der Waals surface area contributed by atoms with Crippen molar-refractivity contribution in [3.63, 3.8) is 0 Å². The van der Waals surface area contributed by atoms with E-state index in [1.54, 1.807) is 18.5 Å². The minimum atomic E-state index is -0.282. The van der Waals surface area contributed by atoms with Gasteiger partial charge in [-0.25, -0.2) is 9.97 Å². The average Bonchev–Trinajstić information content (AvgIpc) is 3.10. The minimum absolute atomic E-state index is 0.0304. The Morgan fingerprint density at radius 3 is 2.80 bits per heavy atom. The molecule has 0 fully saturated rings. The summed E-state index contributed by atoms with van der Waals surface area (Å²) in [6, 6.07) is 9.96. The molecule has 1 amide bonds. The summed E-state index contributed by atoms with van der Waals surface area (Å²) in [6.07, 6.45) is 1.58. The Kier molecular flexibility index (Phi) is 5.62. The molecule has 2 heterocycles. The number of H-pyrrole nitrogens is 1. The molecular weight excluding hydrogens is 356 g/mol. The lowest BCUT2D eigenvalue weighted by Gasteiger charge is -2.07. The third-order valence-electron chi connectivity index (χ3n) is 3.43. The average molecular weight is 372 g/mol. The first-order chi connectivity index (χ1) is 12.1. The van der Waals surface area contributed by atoms with Crippen LogP contribution in [0.2, 0.25) is 0 Å². The summed E-state index contributed by atoms with van der Waals surface area (Å²) in [4.78, 5) is 35.5. The fourth-order valence-corrected chi connectivity index (χ4v) is 3.60. The van der Waals surface area contributed by atoms with E-state index >= 15 is 0 Å². The van der Waals surface area contributed by atoms with Crippen LogP contribution in [-0.2, 0) is 17.0 Å². The highest BCUT2D eigenvalue weighted by atomic mass is 32.2. The number of thioether (sulfide) groups is 1. The molecule has 25 heavy (non-hydrogen) atoms. The molecule has 0 atom stereocenters. The van der Waals surface area contributed by atoms with E-state index in [1.807, 2.05) is 30.3 Å². The van der Waals surface area contributed by atoms with Crippen LogP contribution >= 0.6 is 23.1 Å². The number of aromatic nitrogens is 3. The number of thiazole rings is 1. The van der Waals surface area contributed by atoms with Crippen molar-refractivity contribution in [3.8, 4) is 0 Å². The number of amides is 1. The highest BCUT2D eigenvalue weighted by Gasteiger charge is 2.14. The van der Waals surface area contributed by atoms with Gasteiger partial charge in [0, 0.05) is 28.6 Å². The monoisotopic (exact) mass is 372 g/mol. The van der Waals surface area contributed by atoms with Crippen molar-refractivity contribution >= 4 is 34.1 Å². The summed E-state index contributed by atoms with van der Waals surface area (Å²) in [5.41, 5.74) is 1.81. The predicted molar refractivity (Wildman–Crippen MR) is 100 cm³/mol. The molecule has 0 unspecified atom stereocenters. The van der Waals surface area contributed by atoms with E-state index < -0.39 is 0 Å². The smallest absolute Gasteiger partial charge is 0.255 e. The number of hydrogen-bond acceptors (Lipinski definition) is 6. The molecule has 1 aromatic carbocycles. The highest BCUT2D eigenvalue weighted by Crippen LogP contribution is 2.19. The molecule has 0 saturated heterocycles. The van der Waals surface area contributed by atoms with Crippen LogP contribution in [0.4, 0.5) is 5.13 Å². The number of hydrogen-bond donors (Lipinski definition) is 2. The van der Waals surface area contributed by atoms with Crippen molar-refractivity contribution in [3.05, 3.63) is 69.1 Å². The van der Waals surface area contributed by atoms with Crippen LogP contribution in [0.5, 0.6) is 0 Å². The van der Waals surface area contributed by atoms with Gasteiger partial charge in [-0.15, -0.1) is 11.3 Å².